The molecule has 0 radical (unpaired) electrons. The number of piperazine rings is 1. The quantitative estimate of drug-likeness (QED) is 0.271. The summed E-state index contributed by atoms with van der Waals surface area (Å²) in [5.74, 6) is -0.737. The van der Waals surface area contributed by atoms with Crippen molar-refractivity contribution < 1.29 is 19.1 Å². The second-order valence-electron chi connectivity index (χ2n) is 10.5. The minimum Gasteiger partial charge on any atom is -0.444 e. The molecule has 3 amide bonds. The molecule has 1 saturated heterocycles. The van der Waals surface area contributed by atoms with Gasteiger partial charge in [-0.05, 0) is 63.0 Å². The van der Waals surface area contributed by atoms with Crippen molar-refractivity contribution in [3.63, 3.8) is 0 Å². The van der Waals surface area contributed by atoms with Crippen molar-refractivity contribution in [1.82, 2.24) is 15.2 Å². The van der Waals surface area contributed by atoms with Crippen molar-refractivity contribution >= 4 is 81.2 Å². The van der Waals surface area contributed by atoms with Crippen molar-refractivity contribution in [1.29, 1.82) is 0 Å². The molecule has 0 aliphatic carbocycles. The summed E-state index contributed by atoms with van der Waals surface area (Å²) in [6.45, 7) is 7.51. The molecule has 0 saturated carbocycles. The molecule has 3 N–H and O–H groups in total. The van der Waals surface area contributed by atoms with E-state index < -0.39 is 23.5 Å². The fourth-order valence-corrected chi connectivity index (χ4v) is 5.84. The van der Waals surface area contributed by atoms with Crippen LogP contribution in [-0.2, 0) is 11.3 Å². The topological polar surface area (TPSA) is 116 Å². The summed E-state index contributed by atoms with van der Waals surface area (Å²) in [5.41, 5.74) is 1.07. The minimum absolute atomic E-state index is 0.125. The Morgan fingerprint density at radius 3 is 2.33 bits per heavy atom. The molecule has 2 aromatic heterocycles. The van der Waals surface area contributed by atoms with Crippen molar-refractivity contribution in [3.8, 4) is 0 Å². The Morgan fingerprint density at radius 1 is 1.00 bits per heavy atom. The fraction of sp³-hybridized carbons (Fsp3) is 0.357. The van der Waals surface area contributed by atoms with Gasteiger partial charge in [0.15, 0.2) is 0 Å². The van der Waals surface area contributed by atoms with Crippen LogP contribution in [-0.4, -0.2) is 66.6 Å². The average molecular weight is 654 g/mol. The predicted octanol–water partition coefficient (Wildman–Crippen LogP) is 6.38. The summed E-state index contributed by atoms with van der Waals surface area (Å²) in [6.07, 6.45) is 1.01. The molecule has 4 rings (SSSR count). The Hall–Kier alpha value is -3.09. The van der Waals surface area contributed by atoms with Crippen LogP contribution < -0.4 is 20.9 Å². The lowest BCUT2D eigenvalue weighted by Gasteiger charge is -2.37. The highest BCUT2D eigenvalue weighted by molar-refractivity contribution is 7.13. The Morgan fingerprint density at radius 2 is 1.71 bits per heavy atom. The number of nitrogens with one attached hydrogen (secondary N) is 3. The van der Waals surface area contributed by atoms with Gasteiger partial charge in [-0.15, -0.1) is 11.3 Å². The molecular weight excluding hydrogens is 623 g/mol. The van der Waals surface area contributed by atoms with E-state index in [-0.39, 0.29) is 22.1 Å². The molecule has 0 spiro atoms. The van der Waals surface area contributed by atoms with E-state index in [0.717, 1.165) is 5.56 Å². The number of pyridine rings is 1. The van der Waals surface area contributed by atoms with Crippen molar-refractivity contribution in [3.05, 3.63) is 66.9 Å². The van der Waals surface area contributed by atoms with Gasteiger partial charge in [-0.25, -0.2) is 9.78 Å². The Bertz CT molecular complexity index is 1470. The van der Waals surface area contributed by atoms with E-state index in [1.54, 1.807) is 30.1 Å². The molecule has 42 heavy (non-hydrogen) atoms. The van der Waals surface area contributed by atoms with E-state index in [1.807, 2.05) is 31.1 Å². The third-order valence-corrected chi connectivity index (χ3v) is 8.19. The number of rotatable bonds is 7. The molecule has 3 heterocycles. The number of carbonyl (C=O) groups excluding carboxylic acids is 3. The molecule has 14 heteroatoms. The van der Waals surface area contributed by atoms with E-state index in [4.69, 9.17) is 39.5 Å². The molecule has 224 valence electrons. The van der Waals surface area contributed by atoms with Gasteiger partial charge in [-0.3, -0.25) is 9.59 Å². The fourth-order valence-electron chi connectivity index (χ4n) is 4.25. The molecule has 3 aromatic rings. The van der Waals surface area contributed by atoms with Gasteiger partial charge in [0.2, 0.25) is 0 Å². The first-order valence-electron chi connectivity index (χ1n) is 13.1. The predicted molar refractivity (Wildman–Crippen MR) is 169 cm³/mol. The molecule has 0 bridgehead atoms. The zero-order chi connectivity index (χ0) is 30.6. The van der Waals surface area contributed by atoms with Crippen LogP contribution >= 0.6 is 46.1 Å². The van der Waals surface area contributed by atoms with Crippen LogP contribution in [0, 0.1) is 0 Å². The number of nitrogens with zero attached hydrogens (tertiary/aromatic N) is 3. The van der Waals surface area contributed by atoms with E-state index in [9.17, 15) is 14.4 Å². The Kier molecular flexibility index (Phi) is 10.2. The number of ether oxygens (including phenoxy) is 1. The highest BCUT2D eigenvalue weighted by Crippen LogP contribution is 2.37. The normalized spacial score (nSPS) is 13.6. The van der Waals surface area contributed by atoms with Gasteiger partial charge < -0.3 is 30.5 Å². The Labute approximate surface area is 263 Å². The van der Waals surface area contributed by atoms with Crippen LogP contribution in [0.4, 0.5) is 22.0 Å². The second-order valence-corrected chi connectivity index (χ2v) is 12.6. The van der Waals surface area contributed by atoms with E-state index >= 15 is 0 Å². The number of halogens is 3. The van der Waals surface area contributed by atoms with Gasteiger partial charge in [0.25, 0.3) is 11.8 Å². The highest BCUT2D eigenvalue weighted by atomic mass is 35.5. The van der Waals surface area contributed by atoms with Gasteiger partial charge in [-0.1, -0.05) is 34.8 Å². The lowest BCUT2D eigenvalue weighted by Crippen LogP contribution is -2.50. The monoisotopic (exact) mass is 652 g/mol. The number of hydrogen-bond acceptors (Lipinski definition) is 8. The van der Waals surface area contributed by atoms with Gasteiger partial charge in [0, 0.05) is 43.9 Å². The second kappa shape index (κ2) is 13.5. The zero-order valence-electron chi connectivity index (χ0n) is 23.5. The average Bonchev–Trinajstić information content (AvgIpc) is 3.30. The summed E-state index contributed by atoms with van der Waals surface area (Å²) >= 11 is 20.2. The summed E-state index contributed by atoms with van der Waals surface area (Å²) in [5, 5.41) is 11.5. The molecule has 10 nitrogen and oxygen atoms in total. The molecular formula is C28H31Cl3N6O4S. The highest BCUT2D eigenvalue weighted by Gasteiger charge is 2.29. The number of aromatic nitrogens is 1. The van der Waals surface area contributed by atoms with Crippen LogP contribution in [0.3, 0.4) is 0 Å². The molecule has 1 aliphatic rings. The van der Waals surface area contributed by atoms with Crippen molar-refractivity contribution in [2.45, 2.75) is 32.9 Å². The number of amides is 3. The molecule has 1 fully saturated rings. The van der Waals surface area contributed by atoms with E-state index in [2.05, 4.69) is 20.9 Å². The maximum Gasteiger partial charge on any atom is 0.410 e. The van der Waals surface area contributed by atoms with Crippen molar-refractivity contribution in [2.75, 3.05) is 48.8 Å². The summed E-state index contributed by atoms with van der Waals surface area (Å²) in [7, 11) is 1.79. The first-order valence-corrected chi connectivity index (χ1v) is 15.1. The summed E-state index contributed by atoms with van der Waals surface area (Å²) < 4.78 is 5.52. The first-order chi connectivity index (χ1) is 19.9. The molecule has 1 aliphatic heterocycles. The smallest absolute Gasteiger partial charge is 0.410 e. The van der Waals surface area contributed by atoms with Crippen LogP contribution in [0.1, 0.15) is 46.4 Å². The van der Waals surface area contributed by atoms with Crippen LogP contribution in [0.25, 0.3) is 0 Å². The lowest BCUT2D eigenvalue weighted by atomic mass is 10.1. The number of hydrogen-bond donors (Lipinski definition) is 3. The first kappa shape index (κ1) is 31.8. The number of carbonyl (C=O) groups is 3. The SMILES string of the molecule is CNCc1csc(C(=O)Nc2c(C(=O)Nc3ccc(Cl)cn3)cc(Cl)cc2N2CCN(C(=O)OC(C)(C)C)CC2)c1Cl. The number of anilines is 3. The van der Waals surface area contributed by atoms with Gasteiger partial charge in [0.05, 0.1) is 27.0 Å². The lowest BCUT2D eigenvalue weighted by molar-refractivity contribution is 0.0240. The molecule has 0 atom stereocenters. The molecule has 1 aromatic carbocycles. The van der Waals surface area contributed by atoms with Gasteiger partial charge in [0.1, 0.15) is 16.3 Å². The third kappa shape index (κ3) is 7.84. The molecule has 0 unspecified atom stereocenters. The van der Waals surface area contributed by atoms with Crippen molar-refractivity contribution in [2.24, 2.45) is 0 Å². The number of thiophene rings is 1. The third-order valence-electron chi connectivity index (χ3n) is 6.18. The van der Waals surface area contributed by atoms with Crippen LogP contribution in [0.5, 0.6) is 0 Å². The van der Waals surface area contributed by atoms with E-state index in [0.29, 0.717) is 53.3 Å². The standard InChI is InChI=1S/C28H31Cl3N6O4S/c1-28(2,3)41-27(40)37-9-7-36(8-10-37)20-12-18(30)11-19(25(38)34-21-6-5-17(29)14-33-21)23(20)35-26(39)24-22(31)16(13-32-4)15-42-24/h5-6,11-12,14-15,32H,7-10,13H2,1-4H3,(H,35,39)(H,33,34,38). The van der Waals surface area contributed by atoms with Gasteiger partial charge in [-0.2, -0.15) is 0 Å². The minimum atomic E-state index is -0.615. The number of benzene rings is 1. The maximum atomic E-state index is 13.5. The summed E-state index contributed by atoms with van der Waals surface area (Å²) in [6, 6.07) is 6.32. The van der Waals surface area contributed by atoms with E-state index in [1.165, 1.54) is 23.6 Å². The largest absolute Gasteiger partial charge is 0.444 e. The zero-order valence-corrected chi connectivity index (χ0v) is 26.6. The maximum absolute atomic E-state index is 13.5. The van der Waals surface area contributed by atoms with Gasteiger partial charge >= 0.3 is 6.09 Å². The van der Waals surface area contributed by atoms with Crippen LogP contribution in [0.2, 0.25) is 15.1 Å². The Balaban J connectivity index is 1.67. The van der Waals surface area contributed by atoms with Crippen LogP contribution in [0.15, 0.2) is 35.8 Å². The summed E-state index contributed by atoms with van der Waals surface area (Å²) in [4.78, 5) is 47.7.